The van der Waals surface area contributed by atoms with Crippen LogP contribution in [0.3, 0.4) is 0 Å². The third kappa shape index (κ3) is 3.03. The van der Waals surface area contributed by atoms with Crippen molar-refractivity contribution in [3.8, 4) is 0 Å². The summed E-state index contributed by atoms with van der Waals surface area (Å²) in [6, 6.07) is 7.93. The third-order valence-corrected chi connectivity index (χ3v) is 3.45. The van der Waals surface area contributed by atoms with Gasteiger partial charge in [0.25, 0.3) is 5.91 Å². The van der Waals surface area contributed by atoms with Gasteiger partial charge in [0.2, 0.25) is 5.82 Å². The number of carbonyl (C=O) groups excluding carboxylic acids is 1. The van der Waals surface area contributed by atoms with E-state index in [-0.39, 0.29) is 11.7 Å². The van der Waals surface area contributed by atoms with Crippen LogP contribution in [0.15, 0.2) is 30.6 Å². The van der Waals surface area contributed by atoms with Crippen molar-refractivity contribution < 1.29 is 4.79 Å². The van der Waals surface area contributed by atoms with E-state index in [1.165, 1.54) is 37.8 Å². The topological polar surface area (TPSA) is 73.9 Å². The molecule has 2 heterocycles. The van der Waals surface area contributed by atoms with Crippen LogP contribution in [-0.4, -0.2) is 39.1 Å². The van der Waals surface area contributed by atoms with E-state index in [1.807, 2.05) is 24.3 Å². The fourth-order valence-corrected chi connectivity index (χ4v) is 2.40. The van der Waals surface area contributed by atoms with Gasteiger partial charge in [-0.05, 0) is 43.6 Å². The Labute approximate surface area is 117 Å². The smallest absolute Gasteiger partial charge is 0.292 e. The summed E-state index contributed by atoms with van der Waals surface area (Å²) in [7, 11) is 0. The molecule has 20 heavy (non-hydrogen) atoms. The molecule has 0 radical (unpaired) electrons. The first-order valence-corrected chi connectivity index (χ1v) is 6.79. The number of likely N-dealkylation sites (tertiary alicyclic amines) is 1. The number of anilines is 1. The zero-order valence-electron chi connectivity index (χ0n) is 11.2. The van der Waals surface area contributed by atoms with Crippen molar-refractivity contribution in [2.75, 3.05) is 18.4 Å². The summed E-state index contributed by atoms with van der Waals surface area (Å²) in [6.45, 7) is 3.35. The molecule has 1 aliphatic heterocycles. The number of nitrogens with one attached hydrogen (secondary N) is 2. The summed E-state index contributed by atoms with van der Waals surface area (Å²) in [5.74, 6) is -0.0686. The summed E-state index contributed by atoms with van der Waals surface area (Å²) < 4.78 is 0. The Balaban J connectivity index is 1.59. The molecular formula is C14H17N5O. The molecule has 1 fully saturated rings. The summed E-state index contributed by atoms with van der Waals surface area (Å²) >= 11 is 0. The highest BCUT2D eigenvalue weighted by Gasteiger charge is 2.12. The molecule has 1 aromatic heterocycles. The monoisotopic (exact) mass is 271 g/mol. The average Bonchev–Trinajstić information content (AvgIpc) is 3.13. The standard InChI is InChI=1S/C14H17N5O/c20-14(13-15-10-16-18-13)17-12-5-3-11(4-6-12)9-19-7-1-2-8-19/h3-6,10H,1-2,7-9H2,(H,17,20)(H,15,16,18). The summed E-state index contributed by atoms with van der Waals surface area (Å²) in [6.07, 6.45) is 3.91. The van der Waals surface area contributed by atoms with Crippen molar-refractivity contribution in [2.24, 2.45) is 0 Å². The molecule has 6 nitrogen and oxygen atoms in total. The van der Waals surface area contributed by atoms with E-state index in [2.05, 4.69) is 25.4 Å². The van der Waals surface area contributed by atoms with E-state index >= 15 is 0 Å². The van der Waals surface area contributed by atoms with Crippen LogP contribution in [0.4, 0.5) is 5.69 Å². The van der Waals surface area contributed by atoms with Crippen molar-refractivity contribution in [3.63, 3.8) is 0 Å². The second-order valence-electron chi connectivity index (χ2n) is 4.97. The van der Waals surface area contributed by atoms with Gasteiger partial charge in [-0.1, -0.05) is 12.1 Å². The molecule has 0 unspecified atom stereocenters. The van der Waals surface area contributed by atoms with Gasteiger partial charge in [0.15, 0.2) is 0 Å². The molecule has 1 amide bonds. The van der Waals surface area contributed by atoms with E-state index in [0.717, 1.165) is 12.2 Å². The minimum absolute atomic E-state index is 0.214. The molecule has 0 bridgehead atoms. The number of amides is 1. The number of hydrogen-bond acceptors (Lipinski definition) is 4. The zero-order valence-corrected chi connectivity index (χ0v) is 11.2. The summed E-state index contributed by atoms with van der Waals surface area (Å²) in [5.41, 5.74) is 2.03. The predicted molar refractivity (Wildman–Crippen MR) is 75.3 cm³/mol. The van der Waals surface area contributed by atoms with Gasteiger partial charge in [0, 0.05) is 12.2 Å². The fourth-order valence-electron chi connectivity index (χ4n) is 2.40. The van der Waals surface area contributed by atoms with Crippen molar-refractivity contribution in [2.45, 2.75) is 19.4 Å². The molecule has 0 aliphatic carbocycles. The lowest BCUT2D eigenvalue weighted by Crippen LogP contribution is -2.18. The lowest BCUT2D eigenvalue weighted by molar-refractivity contribution is 0.101. The van der Waals surface area contributed by atoms with E-state index in [4.69, 9.17) is 0 Å². The Bertz CT molecular complexity index is 558. The highest BCUT2D eigenvalue weighted by molar-refractivity contribution is 6.01. The molecule has 1 aromatic carbocycles. The predicted octanol–water partition coefficient (Wildman–Crippen LogP) is 1.65. The Kier molecular flexibility index (Phi) is 3.73. The SMILES string of the molecule is O=C(Nc1ccc(CN2CCCC2)cc1)c1ncn[nH]1. The van der Waals surface area contributed by atoms with Crippen LogP contribution < -0.4 is 5.32 Å². The first-order valence-electron chi connectivity index (χ1n) is 6.79. The first kappa shape index (κ1) is 12.8. The molecular weight excluding hydrogens is 254 g/mol. The number of H-pyrrole nitrogens is 1. The number of hydrogen-bond donors (Lipinski definition) is 2. The highest BCUT2D eigenvalue weighted by Crippen LogP contribution is 2.15. The number of rotatable bonds is 4. The van der Waals surface area contributed by atoms with Crippen molar-refractivity contribution >= 4 is 11.6 Å². The number of carbonyl (C=O) groups is 1. The maximum atomic E-state index is 11.8. The average molecular weight is 271 g/mol. The Morgan fingerprint density at radius 3 is 2.65 bits per heavy atom. The van der Waals surface area contributed by atoms with Gasteiger partial charge in [0.05, 0.1) is 0 Å². The maximum absolute atomic E-state index is 11.8. The quantitative estimate of drug-likeness (QED) is 0.886. The minimum atomic E-state index is -0.283. The first-order chi connectivity index (χ1) is 9.81. The fraction of sp³-hybridized carbons (Fsp3) is 0.357. The van der Waals surface area contributed by atoms with E-state index in [0.29, 0.717) is 0 Å². The van der Waals surface area contributed by atoms with Crippen LogP contribution in [0.2, 0.25) is 0 Å². The van der Waals surface area contributed by atoms with Crippen LogP contribution in [0, 0.1) is 0 Å². The number of nitrogens with zero attached hydrogens (tertiary/aromatic N) is 3. The molecule has 104 valence electrons. The zero-order chi connectivity index (χ0) is 13.8. The van der Waals surface area contributed by atoms with Gasteiger partial charge >= 0.3 is 0 Å². The van der Waals surface area contributed by atoms with Gasteiger partial charge in [0.1, 0.15) is 6.33 Å². The second kappa shape index (κ2) is 5.83. The minimum Gasteiger partial charge on any atom is -0.319 e. The molecule has 6 heteroatoms. The molecule has 2 N–H and O–H groups in total. The normalized spacial score (nSPS) is 15.4. The Morgan fingerprint density at radius 1 is 1.25 bits per heavy atom. The highest BCUT2D eigenvalue weighted by atomic mass is 16.2. The molecule has 0 saturated carbocycles. The van der Waals surface area contributed by atoms with Gasteiger partial charge < -0.3 is 5.32 Å². The van der Waals surface area contributed by atoms with Crippen LogP contribution >= 0.6 is 0 Å². The molecule has 1 aliphatic rings. The molecule has 0 spiro atoms. The molecule has 0 atom stereocenters. The van der Waals surface area contributed by atoms with Crippen LogP contribution in [0.5, 0.6) is 0 Å². The third-order valence-electron chi connectivity index (χ3n) is 3.45. The summed E-state index contributed by atoms with van der Waals surface area (Å²) in [4.78, 5) is 18.0. The summed E-state index contributed by atoms with van der Waals surface area (Å²) in [5, 5.41) is 8.97. The van der Waals surface area contributed by atoms with Crippen LogP contribution in [0.25, 0.3) is 0 Å². The van der Waals surface area contributed by atoms with Crippen molar-refractivity contribution in [1.82, 2.24) is 20.1 Å². The molecule has 3 rings (SSSR count). The molecule has 2 aromatic rings. The Morgan fingerprint density at radius 2 is 2.00 bits per heavy atom. The van der Waals surface area contributed by atoms with Gasteiger partial charge in [-0.2, -0.15) is 5.10 Å². The van der Waals surface area contributed by atoms with Crippen molar-refractivity contribution in [3.05, 3.63) is 42.0 Å². The van der Waals surface area contributed by atoms with Crippen molar-refractivity contribution in [1.29, 1.82) is 0 Å². The lowest BCUT2D eigenvalue weighted by atomic mass is 10.2. The number of aromatic amines is 1. The Hall–Kier alpha value is -2.21. The maximum Gasteiger partial charge on any atom is 0.292 e. The van der Waals surface area contributed by atoms with Crippen LogP contribution in [0.1, 0.15) is 29.0 Å². The number of benzene rings is 1. The van der Waals surface area contributed by atoms with Gasteiger partial charge in [-0.25, -0.2) is 4.98 Å². The molecule has 1 saturated heterocycles. The number of aromatic nitrogens is 3. The lowest BCUT2D eigenvalue weighted by Gasteiger charge is -2.14. The van der Waals surface area contributed by atoms with E-state index in [1.54, 1.807) is 0 Å². The largest absolute Gasteiger partial charge is 0.319 e. The van der Waals surface area contributed by atoms with Crippen LogP contribution in [-0.2, 0) is 6.54 Å². The second-order valence-corrected chi connectivity index (χ2v) is 4.97. The van der Waals surface area contributed by atoms with E-state index < -0.39 is 0 Å². The van der Waals surface area contributed by atoms with Gasteiger partial charge in [-0.3, -0.25) is 14.8 Å². The van der Waals surface area contributed by atoms with Gasteiger partial charge in [-0.15, -0.1) is 0 Å². The van der Waals surface area contributed by atoms with E-state index in [9.17, 15) is 4.79 Å².